The van der Waals surface area contributed by atoms with Crippen LogP contribution in [-0.2, 0) is 11.3 Å². The Morgan fingerprint density at radius 1 is 1.58 bits per heavy atom. The second-order valence-corrected chi connectivity index (χ2v) is 5.20. The van der Waals surface area contributed by atoms with Gasteiger partial charge in [0, 0.05) is 23.2 Å². The van der Waals surface area contributed by atoms with Crippen molar-refractivity contribution < 1.29 is 9.53 Å². The van der Waals surface area contributed by atoms with Gasteiger partial charge in [-0.2, -0.15) is 0 Å². The van der Waals surface area contributed by atoms with Crippen LogP contribution < -0.4 is 15.8 Å². The molecule has 3 N–H and O–H groups in total. The fourth-order valence-electron chi connectivity index (χ4n) is 1.85. The lowest BCUT2D eigenvalue weighted by molar-refractivity contribution is -0.124. The third-order valence-corrected chi connectivity index (χ3v) is 3.53. The van der Waals surface area contributed by atoms with E-state index in [4.69, 9.17) is 22.1 Å². The highest BCUT2D eigenvalue weighted by atomic mass is 35.5. The number of rotatable bonds is 7. The lowest BCUT2D eigenvalue weighted by Crippen LogP contribution is -2.33. The lowest BCUT2D eigenvalue weighted by atomic mass is 10.2. The summed E-state index contributed by atoms with van der Waals surface area (Å²) in [4.78, 5) is 11.3. The highest BCUT2D eigenvalue weighted by molar-refractivity contribution is 6.31. The predicted molar refractivity (Wildman–Crippen MR) is 75.2 cm³/mol. The number of amides is 1. The van der Waals surface area contributed by atoms with Crippen LogP contribution in [0.5, 0.6) is 5.75 Å². The van der Waals surface area contributed by atoms with Gasteiger partial charge in [-0.25, -0.2) is 0 Å². The van der Waals surface area contributed by atoms with E-state index in [0.29, 0.717) is 29.8 Å². The van der Waals surface area contributed by atoms with Crippen molar-refractivity contribution in [3.8, 4) is 5.75 Å². The zero-order chi connectivity index (χ0) is 13.8. The molecule has 1 amide bonds. The standard InChI is InChI=1S/C14H19ClN2O2/c1-2-12(14(16)18)19-13-5-3-4-11(15)10(13)8-17-9-6-7-9/h3-5,9,12,17H,2,6-8H2,1H3,(H2,16,18). The number of carbonyl (C=O) groups is 1. The molecule has 5 heteroatoms. The van der Waals surface area contributed by atoms with Crippen molar-refractivity contribution in [3.63, 3.8) is 0 Å². The summed E-state index contributed by atoms with van der Waals surface area (Å²) in [7, 11) is 0. The lowest BCUT2D eigenvalue weighted by Gasteiger charge is -2.18. The van der Waals surface area contributed by atoms with Gasteiger partial charge in [0.25, 0.3) is 5.91 Å². The molecule has 0 aliphatic heterocycles. The summed E-state index contributed by atoms with van der Waals surface area (Å²) in [6.07, 6.45) is 2.34. The number of ether oxygens (including phenoxy) is 1. The van der Waals surface area contributed by atoms with Crippen LogP contribution >= 0.6 is 11.6 Å². The van der Waals surface area contributed by atoms with Crippen LogP contribution in [0.15, 0.2) is 18.2 Å². The van der Waals surface area contributed by atoms with Crippen molar-refractivity contribution >= 4 is 17.5 Å². The van der Waals surface area contributed by atoms with E-state index >= 15 is 0 Å². The van der Waals surface area contributed by atoms with E-state index in [2.05, 4.69) is 5.32 Å². The molecule has 0 saturated heterocycles. The van der Waals surface area contributed by atoms with Gasteiger partial charge in [-0.3, -0.25) is 4.79 Å². The van der Waals surface area contributed by atoms with Gasteiger partial charge in [-0.05, 0) is 31.4 Å². The normalized spacial score (nSPS) is 16.1. The number of hydrogen-bond donors (Lipinski definition) is 2. The summed E-state index contributed by atoms with van der Waals surface area (Å²) < 4.78 is 5.69. The van der Waals surface area contributed by atoms with Crippen LogP contribution in [0.1, 0.15) is 31.7 Å². The molecule has 1 aromatic rings. The minimum atomic E-state index is -0.613. The number of primary amides is 1. The van der Waals surface area contributed by atoms with Gasteiger partial charge in [0.05, 0.1) is 0 Å². The Labute approximate surface area is 118 Å². The smallest absolute Gasteiger partial charge is 0.258 e. The Morgan fingerprint density at radius 2 is 2.32 bits per heavy atom. The van der Waals surface area contributed by atoms with E-state index in [1.165, 1.54) is 12.8 Å². The average Bonchev–Trinajstić information content (AvgIpc) is 3.18. The first-order valence-electron chi connectivity index (χ1n) is 6.58. The Morgan fingerprint density at radius 3 is 2.89 bits per heavy atom. The molecule has 1 aromatic carbocycles. The first kappa shape index (κ1) is 14.2. The molecule has 19 heavy (non-hydrogen) atoms. The third kappa shape index (κ3) is 3.85. The van der Waals surface area contributed by atoms with E-state index in [1.807, 2.05) is 25.1 Å². The summed E-state index contributed by atoms with van der Waals surface area (Å²) in [6.45, 7) is 2.51. The number of hydrogen-bond acceptors (Lipinski definition) is 3. The maximum Gasteiger partial charge on any atom is 0.258 e. The molecule has 0 aromatic heterocycles. The largest absolute Gasteiger partial charge is 0.480 e. The van der Waals surface area contributed by atoms with E-state index in [9.17, 15) is 4.79 Å². The summed E-state index contributed by atoms with van der Waals surface area (Å²) in [5.41, 5.74) is 6.19. The highest BCUT2D eigenvalue weighted by Gasteiger charge is 2.22. The number of nitrogens with one attached hydrogen (secondary N) is 1. The van der Waals surface area contributed by atoms with Gasteiger partial charge >= 0.3 is 0 Å². The second kappa shape index (κ2) is 6.26. The molecular weight excluding hydrogens is 264 g/mol. The fraction of sp³-hybridized carbons (Fsp3) is 0.500. The molecule has 0 heterocycles. The Kier molecular flexibility index (Phi) is 4.66. The van der Waals surface area contributed by atoms with E-state index in [1.54, 1.807) is 0 Å². The topological polar surface area (TPSA) is 64.3 Å². The van der Waals surface area contributed by atoms with Crippen LogP contribution in [-0.4, -0.2) is 18.1 Å². The van der Waals surface area contributed by atoms with Gasteiger partial charge < -0.3 is 15.8 Å². The molecule has 0 radical (unpaired) electrons. The van der Waals surface area contributed by atoms with Gasteiger partial charge in [-0.1, -0.05) is 24.6 Å². The SMILES string of the molecule is CCC(Oc1cccc(Cl)c1CNC1CC1)C(N)=O. The molecule has 104 valence electrons. The monoisotopic (exact) mass is 282 g/mol. The van der Waals surface area contributed by atoms with Crippen LogP contribution in [0, 0.1) is 0 Å². The van der Waals surface area contributed by atoms with E-state index in [-0.39, 0.29) is 0 Å². The Bertz CT molecular complexity index is 461. The minimum Gasteiger partial charge on any atom is -0.480 e. The van der Waals surface area contributed by atoms with E-state index < -0.39 is 12.0 Å². The third-order valence-electron chi connectivity index (χ3n) is 3.18. The zero-order valence-corrected chi connectivity index (χ0v) is 11.7. The van der Waals surface area contributed by atoms with Crippen LogP contribution in [0.3, 0.4) is 0 Å². The molecule has 1 aliphatic carbocycles. The number of nitrogens with two attached hydrogens (primary N) is 1. The second-order valence-electron chi connectivity index (χ2n) is 4.79. The quantitative estimate of drug-likeness (QED) is 0.806. The molecule has 4 nitrogen and oxygen atoms in total. The summed E-state index contributed by atoms with van der Waals surface area (Å²) >= 11 is 6.20. The maximum absolute atomic E-state index is 11.3. The first-order valence-corrected chi connectivity index (χ1v) is 6.96. The van der Waals surface area contributed by atoms with Crippen LogP contribution in [0.25, 0.3) is 0 Å². The van der Waals surface area contributed by atoms with Gasteiger partial charge in [0.2, 0.25) is 0 Å². The van der Waals surface area contributed by atoms with E-state index in [0.717, 1.165) is 5.56 Å². The molecule has 2 rings (SSSR count). The van der Waals surface area contributed by atoms with Crippen LogP contribution in [0.2, 0.25) is 5.02 Å². The molecule has 1 fully saturated rings. The van der Waals surface area contributed by atoms with Gasteiger partial charge in [0.1, 0.15) is 5.75 Å². The molecule has 1 unspecified atom stereocenters. The van der Waals surface area contributed by atoms with Crippen molar-refractivity contribution in [2.75, 3.05) is 0 Å². The maximum atomic E-state index is 11.3. The molecule has 1 saturated carbocycles. The number of carbonyl (C=O) groups excluding carboxylic acids is 1. The molecule has 1 atom stereocenters. The predicted octanol–water partition coefficient (Wildman–Crippen LogP) is 2.23. The number of halogens is 1. The first-order chi connectivity index (χ1) is 9.11. The summed E-state index contributed by atoms with van der Waals surface area (Å²) in [5, 5.41) is 4.04. The highest BCUT2D eigenvalue weighted by Crippen LogP contribution is 2.29. The van der Waals surface area contributed by atoms with Gasteiger partial charge in [0.15, 0.2) is 6.10 Å². The molecular formula is C14H19ClN2O2. The van der Waals surface area contributed by atoms with Crippen molar-refractivity contribution in [3.05, 3.63) is 28.8 Å². The Balaban J connectivity index is 2.12. The van der Waals surface area contributed by atoms with Crippen molar-refractivity contribution in [2.45, 2.75) is 44.9 Å². The minimum absolute atomic E-state index is 0.455. The van der Waals surface area contributed by atoms with Gasteiger partial charge in [-0.15, -0.1) is 0 Å². The van der Waals surface area contributed by atoms with Crippen molar-refractivity contribution in [2.24, 2.45) is 5.73 Å². The summed E-state index contributed by atoms with van der Waals surface area (Å²) in [5.74, 6) is 0.176. The fourth-order valence-corrected chi connectivity index (χ4v) is 2.08. The van der Waals surface area contributed by atoms with Crippen molar-refractivity contribution in [1.82, 2.24) is 5.32 Å². The summed E-state index contributed by atoms with van der Waals surface area (Å²) in [6, 6.07) is 6.04. The molecule has 0 bridgehead atoms. The molecule has 0 spiro atoms. The zero-order valence-electron chi connectivity index (χ0n) is 11.0. The Hall–Kier alpha value is -1.26. The van der Waals surface area contributed by atoms with Crippen molar-refractivity contribution in [1.29, 1.82) is 0 Å². The van der Waals surface area contributed by atoms with Crippen LogP contribution in [0.4, 0.5) is 0 Å². The average molecular weight is 283 g/mol. The molecule has 1 aliphatic rings. The number of benzene rings is 1.